The van der Waals surface area contributed by atoms with Crippen molar-refractivity contribution in [2.75, 3.05) is 5.32 Å². The van der Waals surface area contributed by atoms with Crippen molar-refractivity contribution in [3.63, 3.8) is 0 Å². The summed E-state index contributed by atoms with van der Waals surface area (Å²) < 4.78 is 0. The Labute approximate surface area is 161 Å². The van der Waals surface area contributed by atoms with E-state index in [1.807, 2.05) is 23.6 Å². The predicted molar refractivity (Wildman–Crippen MR) is 107 cm³/mol. The Balaban J connectivity index is 1.51. The number of hydrogen-bond donors (Lipinski definition) is 2. The summed E-state index contributed by atoms with van der Waals surface area (Å²) in [5.41, 5.74) is 1.80. The maximum atomic E-state index is 12.6. The average molecular weight is 380 g/mol. The molecule has 1 amide bonds. The lowest BCUT2D eigenvalue weighted by Crippen LogP contribution is -2.36. The van der Waals surface area contributed by atoms with Crippen molar-refractivity contribution in [2.45, 2.75) is 25.7 Å². The van der Waals surface area contributed by atoms with Crippen LogP contribution >= 0.6 is 11.3 Å². The molecule has 1 fully saturated rings. The third-order valence-electron chi connectivity index (χ3n) is 5.20. The van der Waals surface area contributed by atoms with Gasteiger partial charge in [0, 0.05) is 10.9 Å². The predicted octanol–water partition coefficient (Wildman–Crippen LogP) is 4.79. The highest BCUT2D eigenvalue weighted by molar-refractivity contribution is 7.14. The molecule has 0 bridgehead atoms. The van der Waals surface area contributed by atoms with Gasteiger partial charge in [0.15, 0.2) is 5.13 Å². The monoisotopic (exact) mass is 380 g/mol. The Morgan fingerprint density at radius 2 is 1.78 bits per heavy atom. The molecule has 2 atom stereocenters. The number of aromatic nitrogens is 1. The van der Waals surface area contributed by atoms with Crippen molar-refractivity contribution in [1.82, 2.24) is 4.98 Å². The van der Waals surface area contributed by atoms with Gasteiger partial charge in [0.2, 0.25) is 5.91 Å². The second-order valence-electron chi connectivity index (χ2n) is 6.92. The van der Waals surface area contributed by atoms with Gasteiger partial charge in [-0.25, -0.2) is 4.98 Å². The van der Waals surface area contributed by atoms with Crippen molar-refractivity contribution >= 4 is 39.1 Å². The third kappa shape index (κ3) is 3.71. The number of nitrogens with one attached hydrogen (secondary N) is 1. The van der Waals surface area contributed by atoms with Crippen molar-refractivity contribution in [3.05, 3.63) is 47.8 Å². The molecule has 2 aromatic carbocycles. The number of carbonyl (C=O) groups excluding carboxylic acids is 1. The standard InChI is InChI=1S/C21H20N2O3S/c24-19(16-7-3-4-8-17(16)20(25)26)23-21-22-18(12-27-21)15-10-9-13-5-1-2-6-14(13)11-15/h1-2,5-6,9-12,16-17H,3-4,7-8H2,(H,25,26)(H,22,23,24)/t16-,17+/m0/s1. The molecule has 6 heteroatoms. The molecule has 2 N–H and O–H groups in total. The Bertz CT molecular complexity index is 998. The van der Waals surface area contributed by atoms with Crippen molar-refractivity contribution in [1.29, 1.82) is 0 Å². The van der Waals surface area contributed by atoms with Crippen LogP contribution in [-0.4, -0.2) is 22.0 Å². The second-order valence-corrected chi connectivity index (χ2v) is 7.78. The molecule has 1 aromatic heterocycles. The topological polar surface area (TPSA) is 79.3 Å². The van der Waals surface area contributed by atoms with Gasteiger partial charge in [-0.05, 0) is 29.7 Å². The summed E-state index contributed by atoms with van der Waals surface area (Å²) in [5, 5.41) is 16.9. The van der Waals surface area contributed by atoms with Gasteiger partial charge in [-0.1, -0.05) is 49.2 Å². The number of thiazole rings is 1. The van der Waals surface area contributed by atoms with E-state index in [0.29, 0.717) is 18.0 Å². The highest BCUT2D eigenvalue weighted by Crippen LogP contribution is 2.32. The molecule has 5 nitrogen and oxygen atoms in total. The number of nitrogens with zero attached hydrogens (tertiary/aromatic N) is 1. The molecule has 3 aromatic rings. The summed E-state index contributed by atoms with van der Waals surface area (Å²) in [4.78, 5) is 28.6. The van der Waals surface area contributed by atoms with Crippen LogP contribution in [0.25, 0.3) is 22.0 Å². The third-order valence-corrected chi connectivity index (χ3v) is 5.96. The van der Waals surface area contributed by atoms with E-state index in [4.69, 9.17) is 0 Å². The SMILES string of the molecule is O=C(Nc1nc(-c2ccc3ccccc3c2)cs1)[C@H]1CCCC[C@H]1C(=O)O. The first-order valence-electron chi connectivity index (χ1n) is 9.10. The van der Waals surface area contributed by atoms with Crippen molar-refractivity contribution in [2.24, 2.45) is 11.8 Å². The van der Waals surface area contributed by atoms with Crippen LogP contribution < -0.4 is 5.32 Å². The number of anilines is 1. The number of carboxylic acid groups (broad SMARTS) is 1. The van der Waals surface area contributed by atoms with Crippen LogP contribution in [0.5, 0.6) is 0 Å². The fraction of sp³-hybridized carbons (Fsp3) is 0.286. The molecule has 1 aliphatic rings. The lowest BCUT2D eigenvalue weighted by molar-refractivity contribution is -0.147. The lowest BCUT2D eigenvalue weighted by atomic mass is 9.79. The van der Waals surface area contributed by atoms with Gasteiger partial charge in [-0.2, -0.15) is 0 Å². The minimum Gasteiger partial charge on any atom is -0.481 e. The summed E-state index contributed by atoms with van der Waals surface area (Å²) >= 11 is 1.36. The first-order valence-corrected chi connectivity index (χ1v) is 9.98. The summed E-state index contributed by atoms with van der Waals surface area (Å²) in [6.07, 6.45) is 2.94. The van der Waals surface area contributed by atoms with Gasteiger partial charge in [0.1, 0.15) is 0 Å². The number of aliphatic carboxylic acids is 1. The molecule has 0 aliphatic heterocycles. The number of carboxylic acids is 1. The minimum atomic E-state index is -0.883. The minimum absolute atomic E-state index is 0.235. The van der Waals surface area contributed by atoms with Crippen LogP contribution in [0.4, 0.5) is 5.13 Å². The molecule has 27 heavy (non-hydrogen) atoms. The quantitative estimate of drug-likeness (QED) is 0.682. The van der Waals surface area contributed by atoms with Crippen LogP contribution in [-0.2, 0) is 9.59 Å². The molecule has 1 aliphatic carbocycles. The van der Waals surface area contributed by atoms with E-state index in [2.05, 4.69) is 34.6 Å². The van der Waals surface area contributed by atoms with E-state index in [-0.39, 0.29) is 5.91 Å². The lowest BCUT2D eigenvalue weighted by Gasteiger charge is -2.26. The fourth-order valence-corrected chi connectivity index (χ4v) is 4.47. The van der Waals surface area contributed by atoms with E-state index in [1.54, 1.807) is 0 Å². The second kappa shape index (κ2) is 7.48. The van der Waals surface area contributed by atoms with Gasteiger partial charge < -0.3 is 10.4 Å². The summed E-state index contributed by atoms with van der Waals surface area (Å²) in [6.45, 7) is 0. The molecule has 1 heterocycles. The van der Waals surface area contributed by atoms with E-state index in [9.17, 15) is 14.7 Å². The maximum Gasteiger partial charge on any atom is 0.307 e. The van der Waals surface area contributed by atoms with E-state index < -0.39 is 17.8 Å². The smallest absolute Gasteiger partial charge is 0.307 e. The van der Waals surface area contributed by atoms with Gasteiger partial charge in [-0.15, -0.1) is 11.3 Å². The Hall–Kier alpha value is -2.73. The van der Waals surface area contributed by atoms with E-state index in [1.165, 1.54) is 16.7 Å². The summed E-state index contributed by atoms with van der Waals surface area (Å²) in [6, 6.07) is 14.3. The molecule has 138 valence electrons. The van der Waals surface area contributed by atoms with Gasteiger partial charge in [0.05, 0.1) is 17.5 Å². The van der Waals surface area contributed by atoms with Crippen molar-refractivity contribution < 1.29 is 14.7 Å². The largest absolute Gasteiger partial charge is 0.481 e. The highest BCUT2D eigenvalue weighted by atomic mass is 32.1. The summed E-state index contributed by atoms with van der Waals surface area (Å²) in [5.74, 6) is -2.20. The normalized spacial score (nSPS) is 19.7. The summed E-state index contributed by atoms with van der Waals surface area (Å²) in [7, 11) is 0. The number of rotatable bonds is 4. The van der Waals surface area contributed by atoms with Gasteiger partial charge >= 0.3 is 5.97 Å². The molecule has 0 radical (unpaired) electrons. The average Bonchev–Trinajstić information content (AvgIpc) is 3.16. The Kier molecular flexibility index (Phi) is 4.90. The molecular formula is C21H20N2O3S. The molecule has 0 spiro atoms. The number of hydrogen-bond acceptors (Lipinski definition) is 4. The Morgan fingerprint density at radius 1 is 1.04 bits per heavy atom. The molecular weight excluding hydrogens is 360 g/mol. The van der Waals surface area contributed by atoms with Crippen LogP contribution in [0.2, 0.25) is 0 Å². The molecule has 4 rings (SSSR count). The van der Waals surface area contributed by atoms with Crippen molar-refractivity contribution in [3.8, 4) is 11.3 Å². The number of fused-ring (bicyclic) bond motifs is 1. The number of benzene rings is 2. The van der Waals surface area contributed by atoms with Crippen LogP contribution in [0.1, 0.15) is 25.7 Å². The number of amides is 1. The first kappa shape index (κ1) is 17.7. The molecule has 0 saturated heterocycles. The zero-order valence-electron chi connectivity index (χ0n) is 14.7. The highest BCUT2D eigenvalue weighted by Gasteiger charge is 2.35. The van der Waals surface area contributed by atoms with Crippen LogP contribution in [0.3, 0.4) is 0 Å². The Morgan fingerprint density at radius 3 is 2.56 bits per heavy atom. The van der Waals surface area contributed by atoms with Gasteiger partial charge in [0.25, 0.3) is 0 Å². The maximum absolute atomic E-state index is 12.6. The first-order chi connectivity index (χ1) is 13.1. The fourth-order valence-electron chi connectivity index (χ4n) is 3.75. The molecule has 1 saturated carbocycles. The van der Waals surface area contributed by atoms with E-state index >= 15 is 0 Å². The van der Waals surface area contributed by atoms with Crippen LogP contribution in [0.15, 0.2) is 47.8 Å². The van der Waals surface area contributed by atoms with Gasteiger partial charge in [-0.3, -0.25) is 9.59 Å². The molecule has 0 unspecified atom stereocenters. The zero-order chi connectivity index (χ0) is 18.8. The van der Waals surface area contributed by atoms with Crippen LogP contribution in [0, 0.1) is 11.8 Å². The van der Waals surface area contributed by atoms with E-state index in [0.717, 1.165) is 29.5 Å². The number of carbonyl (C=O) groups is 2. The zero-order valence-corrected chi connectivity index (χ0v) is 15.5.